The first kappa shape index (κ1) is 20.7. The molecule has 6 nitrogen and oxygen atoms in total. The van der Waals surface area contributed by atoms with Crippen LogP contribution in [0.2, 0.25) is 0 Å². The molecule has 0 atom stereocenters. The molecule has 28 heavy (non-hydrogen) atoms. The van der Waals surface area contributed by atoms with Gasteiger partial charge in [-0.3, -0.25) is 4.99 Å². The Balaban J connectivity index is 1.42. The van der Waals surface area contributed by atoms with Gasteiger partial charge in [-0.15, -0.1) is 0 Å². The third-order valence-corrected chi connectivity index (χ3v) is 5.41. The number of aliphatic hydroxyl groups excluding tert-OH is 1. The molecule has 6 heteroatoms. The minimum atomic E-state index is -0.0972. The number of nitrogens with one attached hydrogen (secondary N) is 3. The van der Waals surface area contributed by atoms with Gasteiger partial charge in [-0.25, -0.2) is 0 Å². The molecule has 1 aliphatic heterocycles. The SMILES string of the molecule is CCNC(=NCCCN1CCC(O)CC1)NCCc1c[nH]c2cc(C)ccc12. The highest BCUT2D eigenvalue weighted by molar-refractivity contribution is 5.84. The van der Waals surface area contributed by atoms with Gasteiger partial charge in [0.25, 0.3) is 0 Å². The summed E-state index contributed by atoms with van der Waals surface area (Å²) >= 11 is 0. The van der Waals surface area contributed by atoms with Gasteiger partial charge in [-0.2, -0.15) is 0 Å². The van der Waals surface area contributed by atoms with Crippen molar-refractivity contribution in [1.29, 1.82) is 0 Å². The number of aryl methyl sites for hydroxylation is 1. The van der Waals surface area contributed by atoms with Crippen molar-refractivity contribution in [1.82, 2.24) is 20.5 Å². The van der Waals surface area contributed by atoms with Crippen LogP contribution >= 0.6 is 0 Å². The molecule has 0 radical (unpaired) electrons. The lowest BCUT2D eigenvalue weighted by molar-refractivity contribution is 0.0824. The van der Waals surface area contributed by atoms with E-state index in [1.807, 2.05) is 0 Å². The third kappa shape index (κ3) is 5.97. The Bertz CT molecular complexity index is 761. The highest BCUT2D eigenvalue weighted by atomic mass is 16.3. The minimum Gasteiger partial charge on any atom is -0.393 e. The smallest absolute Gasteiger partial charge is 0.191 e. The number of nitrogens with zero attached hydrogens (tertiary/aromatic N) is 2. The molecule has 4 N–H and O–H groups in total. The van der Waals surface area contributed by atoms with Crippen molar-refractivity contribution in [3.63, 3.8) is 0 Å². The third-order valence-electron chi connectivity index (χ3n) is 5.41. The van der Waals surface area contributed by atoms with E-state index in [4.69, 9.17) is 4.99 Å². The topological polar surface area (TPSA) is 75.7 Å². The van der Waals surface area contributed by atoms with Crippen LogP contribution in [0.25, 0.3) is 10.9 Å². The summed E-state index contributed by atoms with van der Waals surface area (Å²) in [6, 6.07) is 6.57. The molecule has 1 fully saturated rings. The van der Waals surface area contributed by atoms with Gasteiger partial charge in [0.1, 0.15) is 0 Å². The molecule has 0 aliphatic carbocycles. The summed E-state index contributed by atoms with van der Waals surface area (Å²) in [7, 11) is 0. The number of guanidine groups is 1. The second-order valence-corrected chi connectivity index (χ2v) is 7.73. The number of likely N-dealkylation sites (tertiary alicyclic amines) is 1. The number of aromatic amines is 1. The van der Waals surface area contributed by atoms with Crippen molar-refractivity contribution in [2.45, 2.75) is 45.6 Å². The van der Waals surface area contributed by atoms with E-state index in [0.717, 1.165) is 70.9 Å². The van der Waals surface area contributed by atoms with E-state index < -0.39 is 0 Å². The van der Waals surface area contributed by atoms with Crippen LogP contribution in [0.5, 0.6) is 0 Å². The number of aliphatic hydroxyl groups is 1. The molecule has 0 amide bonds. The Labute approximate surface area is 168 Å². The van der Waals surface area contributed by atoms with Crippen LogP contribution in [0.3, 0.4) is 0 Å². The number of H-pyrrole nitrogens is 1. The zero-order chi connectivity index (χ0) is 19.8. The quantitative estimate of drug-likeness (QED) is 0.320. The second-order valence-electron chi connectivity index (χ2n) is 7.73. The average molecular weight is 386 g/mol. The van der Waals surface area contributed by atoms with Crippen LogP contribution in [-0.4, -0.2) is 66.3 Å². The summed E-state index contributed by atoms with van der Waals surface area (Å²) in [5.41, 5.74) is 3.83. The fourth-order valence-electron chi connectivity index (χ4n) is 3.79. The first-order chi connectivity index (χ1) is 13.7. The summed E-state index contributed by atoms with van der Waals surface area (Å²) in [5.74, 6) is 0.896. The molecule has 1 aromatic carbocycles. The lowest BCUT2D eigenvalue weighted by Gasteiger charge is -2.29. The van der Waals surface area contributed by atoms with Crippen molar-refractivity contribution in [3.05, 3.63) is 35.5 Å². The normalized spacial score (nSPS) is 16.6. The van der Waals surface area contributed by atoms with Gasteiger partial charge >= 0.3 is 0 Å². The number of benzene rings is 1. The molecule has 1 aliphatic rings. The summed E-state index contributed by atoms with van der Waals surface area (Å²) in [4.78, 5) is 10.5. The molecule has 0 bridgehead atoms. The Kier molecular flexibility index (Phi) is 7.74. The maximum Gasteiger partial charge on any atom is 0.191 e. The number of hydrogen-bond acceptors (Lipinski definition) is 3. The van der Waals surface area contributed by atoms with E-state index in [2.05, 4.69) is 58.8 Å². The van der Waals surface area contributed by atoms with Crippen LogP contribution in [0.4, 0.5) is 0 Å². The van der Waals surface area contributed by atoms with Crippen molar-refractivity contribution < 1.29 is 5.11 Å². The number of fused-ring (bicyclic) bond motifs is 1. The maximum atomic E-state index is 9.58. The lowest BCUT2D eigenvalue weighted by atomic mass is 10.1. The van der Waals surface area contributed by atoms with Gasteiger partial charge < -0.3 is 25.6 Å². The molecule has 2 heterocycles. The van der Waals surface area contributed by atoms with E-state index in [-0.39, 0.29) is 6.10 Å². The molecular weight excluding hydrogens is 350 g/mol. The highest BCUT2D eigenvalue weighted by Gasteiger charge is 2.15. The molecule has 1 saturated heterocycles. The fourth-order valence-corrected chi connectivity index (χ4v) is 3.79. The van der Waals surface area contributed by atoms with Gasteiger partial charge in [0.15, 0.2) is 5.96 Å². The Morgan fingerprint density at radius 2 is 2.11 bits per heavy atom. The predicted octanol–water partition coefficient (Wildman–Crippen LogP) is 2.42. The second kappa shape index (κ2) is 10.5. The number of aromatic nitrogens is 1. The zero-order valence-corrected chi connectivity index (χ0v) is 17.3. The molecule has 1 aromatic heterocycles. The van der Waals surface area contributed by atoms with Crippen molar-refractivity contribution in [2.24, 2.45) is 4.99 Å². The van der Waals surface area contributed by atoms with E-state index in [0.29, 0.717) is 0 Å². The van der Waals surface area contributed by atoms with Crippen LogP contribution in [0, 0.1) is 6.92 Å². The Morgan fingerprint density at radius 3 is 2.89 bits per heavy atom. The summed E-state index contributed by atoms with van der Waals surface area (Å²) in [6.45, 7) is 9.83. The van der Waals surface area contributed by atoms with E-state index in [1.54, 1.807) is 0 Å². The average Bonchev–Trinajstić information content (AvgIpc) is 3.08. The summed E-state index contributed by atoms with van der Waals surface area (Å²) in [5, 5.41) is 17.7. The molecule has 154 valence electrons. The van der Waals surface area contributed by atoms with Gasteiger partial charge in [-0.05, 0) is 63.3 Å². The number of rotatable bonds is 8. The Hall–Kier alpha value is -2.05. The molecule has 0 spiro atoms. The zero-order valence-electron chi connectivity index (χ0n) is 17.3. The monoisotopic (exact) mass is 385 g/mol. The molecule has 0 unspecified atom stereocenters. The number of piperidine rings is 1. The van der Waals surface area contributed by atoms with Crippen LogP contribution < -0.4 is 10.6 Å². The van der Waals surface area contributed by atoms with Crippen molar-refractivity contribution in [2.75, 3.05) is 39.3 Å². The van der Waals surface area contributed by atoms with E-state index in [1.165, 1.54) is 22.0 Å². The fraction of sp³-hybridized carbons (Fsp3) is 0.591. The van der Waals surface area contributed by atoms with Gasteiger partial charge in [0.05, 0.1) is 6.10 Å². The predicted molar refractivity (Wildman–Crippen MR) is 117 cm³/mol. The van der Waals surface area contributed by atoms with Gasteiger partial charge in [-0.1, -0.05) is 12.1 Å². The van der Waals surface area contributed by atoms with Crippen molar-refractivity contribution >= 4 is 16.9 Å². The highest BCUT2D eigenvalue weighted by Crippen LogP contribution is 2.19. The first-order valence-electron chi connectivity index (χ1n) is 10.6. The minimum absolute atomic E-state index is 0.0972. The number of hydrogen-bond donors (Lipinski definition) is 4. The first-order valence-corrected chi connectivity index (χ1v) is 10.6. The molecule has 0 saturated carbocycles. The van der Waals surface area contributed by atoms with Crippen LogP contribution in [-0.2, 0) is 6.42 Å². The van der Waals surface area contributed by atoms with Gasteiger partial charge in [0.2, 0.25) is 0 Å². The maximum absolute atomic E-state index is 9.58. The van der Waals surface area contributed by atoms with E-state index in [9.17, 15) is 5.11 Å². The molecule has 3 rings (SSSR count). The Morgan fingerprint density at radius 1 is 1.29 bits per heavy atom. The number of aliphatic imine (C=N–C) groups is 1. The standard InChI is InChI=1S/C22H35N5O/c1-3-23-22(24-10-4-12-27-13-8-19(28)9-14-27)25-11-7-18-16-26-21-15-17(2)5-6-20(18)21/h5-6,15-16,19,26,28H,3-4,7-14H2,1-2H3,(H2,23,24,25). The lowest BCUT2D eigenvalue weighted by Crippen LogP contribution is -2.39. The van der Waals surface area contributed by atoms with Crippen LogP contribution in [0.1, 0.15) is 37.3 Å². The molecule has 2 aromatic rings. The molecular formula is C22H35N5O. The van der Waals surface area contributed by atoms with Crippen LogP contribution in [0.15, 0.2) is 29.4 Å². The summed E-state index contributed by atoms with van der Waals surface area (Å²) in [6.07, 6.45) is 5.84. The summed E-state index contributed by atoms with van der Waals surface area (Å²) < 4.78 is 0. The van der Waals surface area contributed by atoms with Gasteiger partial charge in [0, 0.05) is 49.8 Å². The van der Waals surface area contributed by atoms with Crippen molar-refractivity contribution in [3.8, 4) is 0 Å². The van der Waals surface area contributed by atoms with E-state index >= 15 is 0 Å². The largest absolute Gasteiger partial charge is 0.393 e.